The second-order valence-corrected chi connectivity index (χ2v) is 5.03. The summed E-state index contributed by atoms with van der Waals surface area (Å²) in [5.74, 6) is 0. The quantitative estimate of drug-likeness (QED) is 0.657. The van der Waals surface area contributed by atoms with Crippen LogP contribution in [0.4, 0.5) is 0 Å². The minimum atomic E-state index is 0.893. The molecule has 98 valence electrons. The molecule has 3 N–H and O–H groups in total. The molecule has 0 aliphatic carbocycles. The lowest BCUT2D eigenvalue weighted by molar-refractivity contribution is 0.812. The van der Waals surface area contributed by atoms with Gasteiger partial charge in [-0.15, -0.1) is 0 Å². The van der Waals surface area contributed by atoms with Crippen molar-refractivity contribution in [2.75, 3.05) is 7.05 Å². The van der Waals surface area contributed by atoms with Crippen molar-refractivity contribution >= 4 is 10.9 Å². The highest BCUT2D eigenvalue weighted by Crippen LogP contribution is 2.32. The molecule has 0 bridgehead atoms. The number of rotatable bonds is 3. The Kier molecular flexibility index (Phi) is 2.91. The molecule has 0 amide bonds. The molecule has 2 heterocycles. The first-order chi connectivity index (χ1) is 9.20. The lowest BCUT2D eigenvalue weighted by Crippen LogP contribution is -2.04. The molecule has 19 heavy (non-hydrogen) atoms. The smallest absolute Gasteiger partial charge is 0.0483 e. The zero-order valence-corrected chi connectivity index (χ0v) is 11.6. The fraction of sp³-hybridized carbons (Fsp3) is 0.250. The third kappa shape index (κ3) is 1.96. The standard InChI is InChI=1S/C16H19N3/c1-10-12(9-17-3)8-15(18-10)16-11(2)19-14-7-5-4-6-13(14)16/h4-8,17-19H,9H2,1-3H3. The van der Waals surface area contributed by atoms with Crippen molar-refractivity contribution in [3.05, 3.63) is 47.3 Å². The number of aryl methyl sites for hydroxylation is 2. The summed E-state index contributed by atoms with van der Waals surface area (Å²) >= 11 is 0. The number of fused-ring (bicyclic) bond motifs is 1. The summed E-state index contributed by atoms with van der Waals surface area (Å²) in [5.41, 5.74) is 7.42. The maximum Gasteiger partial charge on any atom is 0.0483 e. The van der Waals surface area contributed by atoms with Crippen molar-refractivity contribution in [2.24, 2.45) is 0 Å². The van der Waals surface area contributed by atoms with Crippen molar-refractivity contribution in [3.63, 3.8) is 0 Å². The van der Waals surface area contributed by atoms with Crippen LogP contribution in [-0.4, -0.2) is 17.0 Å². The van der Waals surface area contributed by atoms with Crippen LogP contribution in [0, 0.1) is 13.8 Å². The average molecular weight is 253 g/mol. The van der Waals surface area contributed by atoms with E-state index in [1.807, 2.05) is 7.05 Å². The summed E-state index contributed by atoms with van der Waals surface area (Å²) in [5, 5.41) is 4.48. The van der Waals surface area contributed by atoms with Gasteiger partial charge in [0.2, 0.25) is 0 Å². The van der Waals surface area contributed by atoms with Crippen molar-refractivity contribution in [3.8, 4) is 11.3 Å². The Bertz CT molecular complexity index is 719. The van der Waals surface area contributed by atoms with Gasteiger partial charge in [-0.25, -0.2) is 0 Å². The van der Waals surface area contributed by atoms with Gasteiger partial charge in [0.25, 0.3) is 0 Å². The maximum absolute atomic E-state index is 3.50. The summed E-state index contributed by atoms with van der Waals surface area (Å²) < 4.78 is 0. The molecule has 3 heteroatoms. The highest BCUT2D eigenvalue weighted by atomic mass is 14.8. The van der Waals surface area contributed by atoms with E-state index in [1.54, 1.807) is 0 Å². The Hall–Kier alpha value is -2.00. The zero-order valence-electron chi connectivity index (χ0n) is 11.6. The van der Waals surface area contributed by atoms with Gasteiger partial charge in [0.1, 0.15) is 0 Å². The van der Waals surface area contributed by atoms with Crippen molar-refractivity contribution in [1.82, 2.24) is 15.3 Å². The molecule has 1 aromatic carbocycles. The Labute approximate surface area is 113 Å². The van der Waals surface area contributed by atoms with Gasteiger partial charge in [0, 0.05) is 40.1 Å². The molecule has 0 saturated carbocycles. The monoisotopic (exact) mass is 253 g/mol. The molecule has 3 aromatic rings. The van der Waals surface area contributed by atoms with E-state index in [0.717, 1.165) is 6.54 Å². The normalized spacial score (nSPS) is 11.3. The highest BCUT2D eigenvalue weighted by molar-refractivity contribution is 5.96. The van der Waals surface area contributed by atoms with Gasteiger partial charge in [-0.3, -0.25) is 0 Å². The molecular formula is C16H19N3. The zero-order chi connectivity index (χ0) is 13.4. The predicted octanol–water partition coefficient (Wildman–Crippen LogP) is 3.50. The topological polar surface area (TPSA) is 43.6 Å². The van der Waals surface area contributed by atoms with Crippen molar-refractivity contribution in [1.29, 1.82) is 0 Å². The molecular weight excluding hydrogens is 234 g/mol. The first-order valence-corrected chi connectivity index (χ1v) is 6.61. The van der Waals surface area contributed by atoms with Crippen LogP contribution in [0.5, 0.6) is 0 Å². The molecule has 0 aliphatic heterocycles. The first kappa shape index (κ1) is 12.1. The van der Waals surface area contributed by atoms with Crippen LogP contribution in [0.2, 0.25) is 0 Å². The van der Waals surface area contributed by atoms with Gasteiger partial charge in [-0.05, 0) is 38.6 Å². The predicted molar refractivity (Wildman–Crippen MR) is 80.3 cm³/mol. The summed E-state index contributed by atoms with van der Waals surface area (Å²) in [4.78, 5) is 6.96. The fourth-order valence-corrected chi connectivity index (χ4v) is 2.73. The number of nitrogens with one attached hydrogen (secondary N) is 3. The van der Waals surface area contributed by atoms with Crippen LogP contribution < -0.4 is 5.32 Å². The second-order valence-electron chi connectivity index (χ2n) is 5.03. The van der Waals surface area contributed by atoms with Crippen LogP contribution in [0.25, 0.3) is 22.2 Å². The van der Waals surface area contributed by atoms with Gasteiger partial charge in [0.15, 0.2) is 0 Å². The average Bonchev–Trinajstić information content (AvgIpc) is 2.90. The Morgan fingerprint density at radius 3 is 2.63 bits per heavy atom. The lowest BCUT2D eigenvalue weighted by Gasteiger charge is -1.98. The number of aromatic nitrogens is 2. The molecule has 2 aromatic heterocycles. The Balaban J connectivity index is 2.18. The van der Waals surface area contributed by atoms with Gasteiger partial charge in [-0.1, -0.05) is 18.2 Å². The van der Waals surface area contributed by atoms with Crippen LogP contribution in [0.15, 0.2) is 30.3 Å². The number of aromatic amines is 2. The van der Waals surface area contributed by atoms with E-state index in [-0.39, 0.29) is 0 Å². The van der Waals surface area contributed by atoms with E-state index < -0.39 is 0 Å². The third-order valence-electron chi connectivity index (χ3n) is 3.65. The summed E-state index contributed by atoms with van der Waals surface area (Å²) in [7, 11) is 1.98. The largest absolute Gasteiger partial charge is 0.358 e. The first-order valence-electron chi connectivity index (χ1n) is 6.61. The van der Waals surface area contributed by atoms with E-state index in [4.69, 9.17) is 0 Å². The number of H-pyrrole nitrogens is 2. The summed E-state index contributed by atoms with van der Waals surface area (Å²) in [6.07, 6.45) is 0. The van der Waals surface area contributed by atoms with Gasteiger partial charge < -0.3 is 15.3 Å². The molecule has 0 unspecified atom stereocenters. The fourth-order valence-electron chi connectivity index (χ4n) is 2.73. The summed E-state index contributed by atoms with van der Waals surface area (Å²) in [6, 6.07) is 10.7. The van der Waals surface area contributed by atoms with Crippen LogP contribution in [0.1, 0.15) is 17.0 Å². The van der Waals surface area contributed by atoms with Gasteiger partial charge in [0.05, 0.1) is 0 Å². The molecule has 0 saturated heterocycles. The van der Waals surface area contributed by atoms with Gasteiger partial charge in [-0.2, -0.15) is 0 Å². The van der Waals surface area contributed by atoms with E-state index in [0.29, 0.717) is 0 Å². The number of hydrogen-bond acceptors (Lipinski definition) is 1. The van der Waals surface area contributed by atoms with E-state index in [1.165, 1.54) is 39.1 Å². The molecule has 0 radical (unpaired) electrons. The number of hydrogen-bond donors (Lipinski definition) is 3. The van der Waals surface area contributed by atoms with Crippen molar-refractivity contribution < 1.29 is 0 Å². The molecule has 0 atom stereocenters. The Morgan fingerprint density at radius 1 is 1.05 bits per heavy atom. The highest BCUT2D eigenvalue weighted by Gasteiger charge is 2.13. The van der Waals surface area contributed by atoms with E-state index >= 15 is 0 Å². The van der Waals surface area contributed by atoms with Crippen molar-refractivity contribution in [2.45, 2.75) is 20.4 Å². The SMILES string of the molecule is CNCc1cc(-c2c(C)[nH]c3ccccc23)[nH]c1C. The van der Waals surface area contributed by atoms with Crippen LogP contribution in [-0.2, 0) is 6.54 Å². The molecule has 0 aliphatic rings. The third-order valence-corrected chi connectivity index (χ3v) is 3.65. The molecule has 3 nitrogen and oxygen atoms in total. The second kappa shape index (κ2) is 4.59. The Morgan fingerprint density at radius 2 is 1.84 bits per heavy atom. The van der Waals surface area contributed by atoms with Crippen LogP contribution >= 0.6 is 0 Å². The summed E-state index contributed by atoms with van der Waals surface area (Å²) in [6.45, 7) is 5.15. The van der Waals surface area contributed by atoms with Gasteiger partial charge >= 0.3 is 0 Å². The molecule has 0 fully saturated rings. The maximum atomic E-state index is 3.50. The molecule has 3 rings (SSSR count). The minimum Gasteiger partial charge on any atom is -0.358 e. The van der Waals surface area contributed by atoms with E-state index in [2.05, 4.69) is 59.5 Å². The number of para-hydroxylation sites is 1. The molecule has 0 spiro atoms. The lowest BCUT2D eigenvalue weighted by atomic mass is 10.1. The van der Waals surface area contributed by atoms with Crippen LogP contribution in [0.3, 0.4) is 0 Å². The minimum absolute atomic E-state index is 0.893. The van der Waals surface area contributed by atoms with E-state index in [9.17, 15) is 0 Å². The number of benzene rings is 1.